The molecule has 1 aliphatic rings. The minimum absolute atomic E-state index is 0.301. The molecule has 1 fully saturated rings. The third-order valence-electron chi connectivity index (χ3n) is 11.7. The van der Waals surface area contributed by atoms with Gasteiger partial charge in [0.25, 0.3) is 0 Å². The van der Waals surface area contributed by atoms with Crippen LogP contribution in [0.3, 0.4) is 0 Å². The van der Waals surface area contributed by atoms with Gasteiger partial charge in [0.05, 0.1) is 25.4 Å². The highest BCUT2D eigenvalue weighted by molar-refractivity contribution is 5.80. The third kappa shape index (κ3) is 28.1. The standard InChI is InChI=1S/C47H91NO9/c1-3-5-7-9-11-13-15-17-19-20-22-23-25-27-29-31-33-35-40(50)39(38-56-47-45(54)44(53)43(52)42(37-49)57-47)48-46(55)41(51)36-34-32-30-28-26-24-21-18-16-14-12-10-8-6-4-2/h33,35,39-45,47,49-54H,3-32,34,36-38H2,1-2H3,(H,48,55)/b35-33+. The summed E-state index contributed by atoms with van der Waals surface area (Å²) >= 11 is 0. The summed E-state index contributed by atoms with van der Waals surface area (Å²) in [4.78, 5) is 13.0. The lowest BCUT2D eigenvalue weighted by atomic mass is 9.99. The molecular weight excluding hydrogens is 723 g/mol. The molecule has 0 aliphatic carbocycles. The van der Waals surface area contributed by atoms with E-state index in [0.717, 1.165) is 44.9 Å². The van der Waals surface area contributed by atoms with E-state index in [0.29, 0.717) is 6.42 Å². The molecule has 1 rings (SSSR count). The second-order valence-electron chi connectivity index (χ2n) is 17.1. The predicted octanol–water partition coefficient (Wildman–Crippen LogP) is 9.09. The van der Waals surface area contributed by atoms with Crippen molar-refractivity contribution in [2.24, 2.45) is 0 Å². The molecule has 0 spiro atoms. The van der Waals surface area contributed by atoms with Crippen molar-refractivity contribution in [3.8, 4) is 0 Å². The summed E-state index contributed by atoms with van der Waals surface area (Å²) in [5.41, 5.74) is 0. The van der Waals surface area contributed by atoms with Crippen LogP contribution >= 0.6 is 0 Å². The molecule has 1 amide bonds. The number of allylic oxidation sites excluding steroid dienone is 1. The van der Waals surface area contributed by atoms with Gasteiger partial charge in [-0.15, -0.1) is 0 Å². The van der Waals surface area contributed by atoms with Crippen LogP contribution in [0.15, 0.2) is 12.2 Å². The molecule has 10 heteroatoms. The van der Waals surface area contributed by atoms with Crippen molar-refractivity contribution in [3.63, 3.8) is 0 Å². The molecule has 0 aromatic rings. The van der Waals surface area contributed by atoms with Crippen LogP contribution in [0.4, 0.5) is 0 Å². The Kier molecular flexibility index (Phi) is 35.8. The summed E-state index contributed by atoms with van der Waals surface area (Å²) in [5.74, 6) is -0.613. The highest BCUT2D eigenvalue weighted by Gasteiger charge is 2.44. The number of carbonyl (C=O) groups is 1. The number of rotatable bonds is 40. The van der Waals surface area contributed by atoms with Crippen LogP contribution in [0.25, 0.3) is 0 Å². The van der Waals surface area contributed by atoms with E-state index in [2.05, 4.69) is 19.2 Å². The molecule has 0 saturated carbocycles. The number of hydrogen-bond acceptors (Lipinski definition) is 9. The lowest BCUT2D eigenvalue weighted by Crippen LogP contribution is -2.60. The monoisotopic (exact) mass is 814 g/mol. The minimum Gasteiger partial charge on any atom is -0.394 e. The average Bonchev–Trinajstić information content (AvgIpc) is 3.21. The summed E-state index contributed by atoms with van der Waals surface area (Å²) < 4.78 is 11.1. The molecule has 0 radical (unpaired) electrons. The molecule has 0 aromatic carbocycles. The van der Waals surface area contributed by atoms with Gasteiger partial charge in [-0.25, -0.2) is 0 Å². The summed E-state index contributed by atoms with van der Waals surface area (Å²) in [7, 11) is 0. The molecule has 57 heavy (non-hydrogen) atoms. The maximum atomic E-state index is 13.0. The van der Waals surface area contributed by atoms with E-state index in [1.165, 1.54) is 154 Å². The predicted molar refractivity (Wildman–Crippen MR) is 232 cm³/mol. The molecule has 8 unspecified atom stereocenters. The molecule has 338 valence electrons. The quantitative estimate of drug-likeness (QED) is 0.0236. The van der Waals surface area contributed by atoms with Gasteiger partial charge in [-0.05, 0) is 19.3 Å². The van der Waals surface area contributed by atoms with E-state index in [1.54, 1.807) is 6.08 Å². The lowest BCUT2D eigenvalue weighted by molar-refractivity contribution is -0.302. The van der Waals surface area contributed by atoms with E-state index in [9.17, 15) is 35.4 Å². The first-order valence-corrected chi connectivity index (χ1v) is 24.0. The van der Waals surface area contributed by atoms with E-state index in [4.69, 9.17) is 9.47 Å². The van der Waals surface area contributed by atoms with Crippen molar-refractivity contribution in [3.05, 3.63) is 12.2 Å². The van der Waals surface area contributed by atoms with Crippen LogP contribution in [-0.4, -0.2) is 98.7 Å². The zero-order valence-electron chi connectivity index (χ0n) is 36.7. The molecule has 10 nitrogen and oxygen atoms in total. The average molecular weight is 814 g/mol. The summed E-state index contributed by atoms with van der Waals surface area (Å²) in [5, 5.41) is 64.7. The number of nitrogens with one attached hydrogen (secondary N) is 1. The first kappa shape index (κ1) is 53.9. The number of aliphatic hydroxyl groups excluding tert-OH is 6. The van der Waals surface area contributed by atoms with Crippen LogP contribution in [0.1, 0.15) is 219 Å². The molecule has 8 atom stereocenters. The highest BCUT2D eigenvalue weighted by Crippen LogP contribution is 2.23. The van der Waals surface area contributed by atoms with Crippen molar-refractivity contribution in [2.75, 3.05) is 13.2 Å². The smallest absolute Gasteiger partial charge is 0.249 e. The normalized spacial score (nSPS) is 21.6. The lowest BCUT2D eigenvalue weighted by Gasteiger charge is -2.40. The number of hydrogen-bond donors (Lipinski definition) is 7. The summed E-state index contributed by atoms with van der Waals surface area (Å²) in [6.07, 6.45) is 32.9. The second-order valence-corrected chi connectivity index (χ2v) is 17.1. The molecule has 1 aliphatic heterocycles. The van der Waals surface area contributed by atoms with Crippen LogP contribution < -0.4 is 5.32 Å². The van der Waals surface area contributed by atoms with Gasteiger partial charge in [0.1, 0.15) is 30.5 Å². The van der Waals surface area contributed by atoms with Crippen molar-refractivity contribution in [1.82, 2.24) is 5.32 Å². The Hall–Kier alpha value is -1.11. The summed E-state index contributed by atoms with van der Waals surface area (Å²) in [6.45, 7) is 3.62. The Morgan fingerprint density at radius 3 is 1.42 bits per heavy atom. The second kappa shape index (κ2) is 37.9. The first-order valence-electron chi connectivity index (χ1n) is 24.0. The van der Waals surface area contributed by atoms with Gasteiger partial charge in [-0.1, -0.05) is 212 Å². The SMILES string of the molecule is CCCCCCCCCCCCCCCCC/C=C/C(O)C(COC1OC(CO)C(O)C(O)C1O)NC(=O)C(O)CCCCCCCCCCCCCCCCC. The van der Waals surface area contributed by atoms with Crippen molar-refractivity contribution >= 4 is 5.91 Å². The molecule has 7 N–H and O–H groups in total. The fourth-order valence-electron chi connectivity index (χ4n) is 7.75. The molecular formula is C47H91NO9. The third-order valence-corrected chi connectivity index (χ3v) is 11.7. The number of ether oxygens (including phenoxy) is 2. The fourth-order valence-corrected chi connectivity index (χ4v) is 7.75. The number of aliphatic hydroxyl groups is 6. The van der Waals surface area contributed by atoms with Gasteiger partial charge in [0.2, 0.25) is 5.91 Å². The topological polar surface area (TPSA) is 169 Å². The van der Waals surface area contributed by atoms with Crippen LogP contribution in [-0.2, 0) is 14.3 Å². The molecule has 0 bridgehead atoms. The highest BCUT2D eigenvalue weighted by atomic mass is 16.7. The van der Waals surface area contributed by atoms with E-state index >= 15 is 0 Å². The van der Waals surface area contributed by atoms with Gasteiger partial charge in [-0.3, -0.25) is 4.79 Å². The molecule has 0 aromatic heterocycles. The zero-order chi connectivity index (χ0) is 41.8. The van der Waals surface area contributed by atoms with Gasteiger partial charge in [-0.2, -0.15) is 0 Å². The van der Waals surface area contributed by atoms with Gasteiger partial charge < -0.3 is 45.4 Å². The maximum absolute atomic E-state index is 13.0. The van der Waals surface area contributed by atoms with Gasteiger partial charge in [0, 0.05) is 0 Å². The van der Waals surface area contributed by atoms with E-state index in [-0.39, 0.29) is 6.61 Å². The fraction of sp³-hybridized carbons (Fsp3) is 0.936. The van der Waals surface area contributed by atoms with E-state index < -0.39 is 61.5 Å². The zero-order valence-corrected chi connectivity index (χ0v) is 36.7. The van der Waals surface area contributed by atoms with Crippen molar-refractivity contribution in [2.45, 2.75) is 268 Å². The summed E-state index contributed by atoms with van der Waals surface area (Å²) in [6, 6.07) is -0.974. The Morgan fingerprint density at radius 2 is 1.00 bits per heavy atom. The number of unbranched alkanes of at least 4 members (excludes halogenated alkanes) is 29. The van der Waals surface area contributed by atoms with Crippen LogP contribution in [0, 0.1) is 0 Å². The molecule has 1 saturated heterocycles. The molecule has 1 heterocycles. The largest absolute Gasteiger partial charge is 0.394 e. The minimum atomic E-state index is -1.61. The number of amides is 1. The number of carbonyl (C=O) groups excluding carboxylic acids is 1. The van der Waals surface area contributed by atoms with Crippen LogP contribution in [0.5, 0.6) is 0 Å². The van der Waals surface area contributed by atoms with Crippen molar-refractivity contribution < 1.29 is 44.9 Å². The Bertz CT molecular complexity index is 921. The maximum Gasteiger partial charge on any atom is 0.249 e. The van der Waals surface area contributed by atoms with Gasteiger partial charge in [0.15, 0.2) is 6.29 Å². The van der Waals surface area contributed by atoms with Crippen molar-refractivity contribution in [1.29, 1.82) is 0 Å². The Labute approximate surface area is 349 Å². The Morgan fingerprint density at radius 1 is 0.596 bits per heavy atom. The Balaban J connectivity index is 2.40. The first-order chi connectivity index (χ1) is 27.8. The van der Waals surface area contributed by atoms with Crippen LogP contribution in [0.2, 0.25) is 0 Å². The van der Waals surface area contributed by atoms with E-state index in [1.807, 2.05) is 6.08 Å². The van der Waals surface area contributed by atoms with Gasteiger partial charge >= 0.3 is 0 Å².